The summed E-state index contributed by atoms with van der Waals surface area (Å²) in [5, 5.41) is 12.7. The van der Waals surface area contributed by atoms with Gasteiger partial charge in [-0.25, -0.2) is 0 Å². The normalized spacial score (nSPS) is 24.1. The molecule has 0 aliphatic carbocycles. The topological polar surface area (TPSA) is 48.4 Å². The van der Waals surface area contributed by atoms with Gasteiger partial charge < -0.3 is 10.4 Å². The summed E-state index contributed by atoms with van der Waals surface area (Å²) >= 11 is 0. The first kappa shape index (κ1) is 13.5. The van der Waals surface area contributed by atoms with Crippen LogP contribution >= 0.6 is 0 Å². The lowest BCUT2D eigenvalue weighted by molar-refractivity contribution is 0.0180. The third-order valence-corrected chi connectivity index (χ3v) is 3.69. The van der Waals surface area contributed by atoms with Gasteiger partial charge in [-0.2, -0.15) is 0 Å². The van der Waals surface area contributed by atoms with Crippen LogP contribution in [0.3, 0.4) is 0 Å². The maximum Gasteiger partial charge on any atom is 0.0446 e. The molecule has 0 bridgehead atoms. The van der Waals surface area contributed by atoms with Crippen LogP contribution in [0.5, 0.6) is 0 Å². The van der Waals surface area contributed by atoms with Gasteiger partial charge in [0.1, 0.15) is 0 Å². The van der Waals surface area contributed by atoms with Crippen LogP contribution < -0.4 is 5.32 Å². The minimum Gasteiger partial charge on any atom is -0.396 e. The average Bonchev–Trinajstić information content (AvgIpc) is 2.35. The van der Waals surface area contributed by atoms with Crippen molar-refractivity contribution in [3.63, 3.8) is 0 Å². The smallest absolute Gasteiger partial charge is 0.0446 e. The Bertz CT molecular complexity index is 365. The molecule has 1 fully saturated rings. The van der Waals surface area contributed by atoms with Gasteiger partial charge in [-0.3, -0.25) is 9.88 Å². The fourth-order valence-electron chi connectivity index (χ4n) is 2.69. The number of hydrogen-bond donors (Lipinski definition) is 2. The van der Waals surface area contributed by atoms with E-state index in [1.165, 1.54) is 5.56 Å². The summed E-state index contributed by atoms with van der Waals surface area (Å²) in [5.41, 5.74) is 1.34. The fraction of sp³-hybridized carbons (Fsp3) is 0.643. The number of aromatic nitrogens is 1. The number of nitrogens with zero attached hydrogens (tertiary/aromatic N) is 2. The molecule has 4 heteroatoms. The lowest BCUT2D eigenvalue weighted by Gasteiger charge is -2.48. The minimum atomic E-state index is 0.105. The van der Waals surface area contributed by atoms with E-state index in [9.17, 15) is 5.11 Å². The van der Waals surface area contributed by atoms with E-state index in [1.54, 1.807) is 6.20 Å². The molecule has 1 aromatic heterocycles. The lowest BCUT2D eigenvalue weighted by atomic mass is 9.94. The molecule has 1 aliphatic rings. The van der Waals surface area contributed by atoms with E-state index >= 15 is 0 Å². The molecular formula is C14H23N3O. The Labute approximate surface area is 109 Å². The second kappa shape index (κ2) is 5.78. The van der Waals surface area contributed by atoms with E-state index in [2.05, 4.69) is 35.1 Å². The van der Waals surface area contributed by atoms with Gasteiger partial charge in [0.25, 0.3) is 0 Å². The molecule has 1 saturated heterocycles. The second-order valence-electron chi connectivity index (χ2n) is 5.60. The molecule has 1 atom stereocenters. The molecular weight excluding hydrogens is 226 g/mol. The summed E-state index contributed by atoms with van der Waals surface area (Å²) in [4.78, 5) is 6.66. The molecule has 1 unspecified atom stereocenters. The van der Waals surface area contributed by atoms with Crippen LogP contribution in [0.4, 0.5) is 0 Å². The largest absolute Gasteiger partial charge is 0.396 e. The van der Waals surface area contributed by atoms with Crippen molar-refractivity contribution >= 4 is 0 Å². The van der Waals surface area contributed by atoms with Gasteiger partial charge in [-0.05, 0) is 31.9 Å². The van der Waals surface area contributed by atoms with E-state index in [4.69, 9.17) is 0 Å². The van der Waals surface area contributed by atoms with Crippen molar-refractivity contribution in [1.82, 2.24) is 15.2 Å². The number of aliphatic hydroxyl groups is 1. The van der Waals surface area contributed by atoms with Crippen molar-refractivity contribution in [2.45, 2.75) is 38.4 Å². The second-order valence-corrected chi connectivity index (χ2v) is 5.60. The van der Waals surface area contributed by atoms with Crippen molar-refractivity contribution in [2.75, 3.05) is 19.7 Å². The first-order valence-electron chi connectivity index (χ1n) is 6.61. The Morgan fingerprint density at radius 3 is 3.06 bits per heavy atom. The molecule has 0 saturated carbocycles. The Morgan fingerprint density at radius 2 is 2.39 bits per heavy atom. The van der Waals surface area contributed by atoms with Gasteiger partial charge in [0.05, 0.1) is 0 Å². The first-order valence-corrected chi connectivity index (χ1v) is 6.61. The Morgan fingerprint density at radius 1 is 1.56 bits per heavy atom. The predicted octanol–water partition coefficient (Wildman–Crippen LogP) is 1.02. The molecule has 0 amide bonds. The standard InChI is InChI=1S/C14H23N3O/c1-14(2)11-16-9-13(5-7-18)17(14)10-12-4-3-6-15-8-12/h3-4,6,8,13,16,18H,5,7,9-11H2,1-2H3. The van der Waals surface area contributed by atoms with Crippen molar-refractivity contribution in [3.8, 4) is 0 Å². The summed E-state index contributed by atoms with van der Waals surface area (Å²) in [6.07, 6.45) is 4.54. The molecule has 18 heavy (non-hydrogen) atoms. The predicted molar refractivity (Wildman–Crippen MR) is 72.2 cm³/mol. The zero-order valence-corrected chi connectivity index (χ0v) is 11.3. The number of aliphatic hydroxyl groups excluding tert-OH is 1. The fourth-order valence-corrected chi connectivity index (χ4v) is 2.69. The van der Waals surface area contributed by atoms with Gasteiger partial charge in [-0.1, -0.05) is 6.07 Å². The van der Waals surface area contributed by atoms with Gasteiger partial charge >= 0.3 is 0 Å². The van der Waals surface area contributed by atoms with Crippen molar-refractivity contribution in [2.24, 2.45) is 0 Å². The summed E-state index contributed by atoms with van der Waals surface area (Å²) in [5.74, 6) is 0. The number of pyridine rings is 1. The van der Waals surface area contributed by atoms with Crippen LogP contribution in [-0.2, 0) is 6.54 Å². The maximum atomic E-state index is 9.21. The summed E-state index contributed by atoms with van der Waals surface area (Å²) < 4.78 is 0. The van der Waals surface area contributed by atoms with Crippen LogP contribution in [-0.4, -0.2) is 46.3 Å². The average molecular weight is 249 g/mol. The molecule has 100 valence electrons. The van der Waals surface area contributed by atoms with Crippen LogP contribution in [0.15, 0.2) is 24.5 Å². The van der Waals surface area contributed by atoms with Crippen molar-refractivity contribution in [3.05, 3.63) is 30.1 Å². The molecule has 4 nitrogen and oxygen atoms in total. The molecule has 1 aromatic rings. The SMILES string of the molecule is CC1(C)CNCC(CCO)N1Cc1cccnc1. The monoisotopic (exact) mass is 249 g/mol. The van der Waals surface area contributed by atoms with E-state index in [0.717, 1.165) is 26.1 Å². The molecule has 2 rings (SSSR count). The highest BCUT2D eigenvalue weighted by atomic mass is 16.3. The van der Waals surface area contributed by atoms with Crippen LogP contribution in [0.25, 0.3) is 0 Å². The third-order valence-electron chi connectivity index (χ3n) is 3.69. The number of rotatable bonds is 4. The number of hydrogen-bond acceptors (Lipinski definition) is 4. The van der Waals surface area contributed by atoms with Gasteiger partial charge in [-0.15, -0.1) is 0 Å². The minimum absolute atomic E-state index is 0.105. The van der Waals surface area contributed by atoms with Gasteiger partial charge in [0.15, 0.2) is 0 Å². The first-order chi connectivity index (χ1) is 8.63. The van der Waals surface area contributed by atoms with Crippen LogP contribution in [0.1, 0.15) is 25.8 Å². The molecule has 1 aliphatic heterocycles. The van der Waals surface area contributed by atoms with E-state index in [0.29, 0.717) is 6.04 Å². The summed E-state index contributed by atoms with van der Waals surface area (Å²) in [6.45, 7) is 7.57. The number of nitrogens with one attached hydrogen (secondary N) is 1. The van der Waals surface area contributed by atoms with Gasteiger partial charge in [0.2, 0.25) is 0 Å². The highest BCUT2D eigenvalue weighted by molar-refractivity contribution is 5.10. The molecule has 2 heterocycles. The highest BCUT2D eigenvalue weighted by Gasteiger charge is 2.35. The van der Waals surface area contributed by atoms with E-state index < -0.39 is 0 Å². The highest BCUT2D eigenvalue weighted by Crippen LogP contribution is 2.24. The van der Waals surface area contributed by atoms with Crippen LogP contribution in [0.2, 0.25) is 0 Å². The maximum absolute atomic E-state index is 9.21. The van der Waals surface area contributed by atoms with E-state index in [-0.39, 0.29) is 12.1 Å². The number of piperazine rings is 1. The third kappa shape index (κ3) is 3.07. The summed E-state index contributed by atoms with van der Waals surface area (Å²) in [6, 6.07) is 4.48. The molecule has 0 radical (unpaired) electrons. The molecule has 0 aromatic carbocycles. The molecule has 0 spiro atoms. The summed E-state index contributed by atoms with van der Waals surface area (Å²) in [7, 11) is 0. The van der Waals surface area contributed by atoms with Crippen molar-refractivity contribution in [1.29, 1.82) is 0 Å². The van der Waals surface area contributed by atoms with Gasteiger partial charge in [0, 0.05) is 50.2 Å². The zero-order chi connectivity index (χ0) is 13.0. The Kier molecular flexibility index (Phi) is 4.32. The zero-order valence-electron chi connectivity index (χ0n) is 11.3. The molecule has 2 N–H and O–H groups in total. The quantitative estimate of drug-likeness (QED) is 0.836. The lowest BCUT2D eigenvalue weighted by Crippen LogP contribution is -2.62. The van der Waals surface area contributed by atoms with Crippen molar-refractivity contribution < 1.29 is 5.11 Å². The van der Waals surface area contributed by atoms with Crippen LogP contribution in [0, 0.1) is 0 Å². The Hall–Kier alpha value is -0.970. The Balaban J connectivity index is 2.13. The van der Waals surface area contributed by atoms with E-state index in [1.807, 2.05) is 12.3 Å².